The van der Waals surface area contributed by atoms with Gasteiger partial charge in [0.2, 0.25) is 0 Å². The number of hydrogen-bond acceptors (Lipinski definition) is 5. The fourth-order valence-electron chi connectivity index (χ4n) is 4.21. The first-order chi connectivity index (χ1) is 16.0. The van der Waals surface area contributed by atoms with Crippen molar-refractivity contribution < 1.29 is 26.4 Å². The third kappa shape index (κ3) is 3.67. The Labute approximate surface area is 194 Å². The van der Waals surface area contributed by atoms with Crippen molar-refractivity contribution >= 4 is 21.6 Å². The zero-order valence-electron chi connectivity index (χ0n) is 18.4. The van der Waals surface area contributed by atoms with Crippen molar-refractivity contribution in [1.29, 1.82) is 0 Å². The molecule has 0 unspecified atom stereocenters. The van der Waals surface area contributed by atoms with E-state index < -0.39 is 27.5 Å². The summed E-state index contributed by atoms with van der Waals surface area (Å²) in [4.78, 5) is 22.5. The average molecular weight is 491 g/mol. The first-order valence-electron chi connectivity index (χ1n) is 10.8. The number of aromatic nitrogens is 3. The van der Waals surface area contributed by atoms with Crippen molar-refractivity contribution in [2.75, 3.05) is 10.7 Å². The highest BCUT2D eigenvalue weighted by atomic mass is 32.2. The molecule has 3 heterocycles. The maximum Gasteiger partial charge on any atom is 0.417 e. The predicted molar refractivity (Wildman–Crippen MR) is 118 cm³/mol. The molecule has 1 saturated carbocycles. The summed E-state index contributed by atoms with van der Waals surface area (Å²) in [7, 11) is -2.28. The topological polar surface area (TPSA) is 85.2 Å². The maximum absolute atomic E-state index is 13.1. The van der Waals surface area contributed by atoms with Gasteiger partial charge in [0.05, 0.1) is 29.1 Å². The lowest BCUT2D eigenvalue weighted by Crippen LogP contribution is -2.26. The lowest BCUT2D eigenvalue weighted by atomic mass is 10.1. The number of pyridine rings is 1. The second kappa shape index (κ2) is 7.66. The minimum atomic E-state index is -4.66. The number of anilines is 1. The highest BCUT2D eigenvalue weighted by Gasteiger charge is 2.40. The Kier molecular flexibility index (Phi) is 5.08. The summed E-state index contributed by atoms with van der Waals surface area (Å²) < 4.78 is 66.8. The highest BCUT2D eigenvalue weighted by molar-refractivity contribution is 7.91. The van der Waals surface area contributed by atoms with Gasteiger partial charge in [0, 0.05) is 18.8 Å². The number of rotatable bonds is 5. The highest BCUT2D eigenvalue weighted by Crippen LogP contribution is 2.41. The Morgan fingerprint density at radius 1 is 1.15 bits per heavy atom. The van der Waals surface area contributed by atoms with Crippen LogP contribution in [0.3, 0.4) is 0 Å². The van der Waals surface area contributed by atoms with Crippen molar-refractivity contribution in [3.05, 3.63) is 58.9 Å². The van der Waals surface area contributed by atoms with Gasteiger partial charge < -0.3 is 4.57 Å². The zero-order chi connectivity index (χ0) is 24.4. The summed E-state index contributed by atoms with van der Waals surface area (Å²) in [6.45, 7) is 1.31. The molecule has 2 aromatic heterocycles. The van der Waals surface area contributed by atoms with Crippen LogP contribution in [-0.2, 0) is 29.6 Å². The van der Waals surface area contributed by atoms with Gasteiger partial charge in [-0.25, -0.2) is 13.4 Å². The Hall–Kier alpha value is -3.21. The maximum atomic E-state index is 13.1. The number of carbonyl (C=O) groups is 1. The minimum Gasteiger partial charge on any atom is -0.316 e. The van der Waals surface area contributed by atoms with Crippen molar-refractivity contribution in [3.8, 4) is 11.4 Å². The molecule has 0 N–H and O–H groups in total. The fourth-order valence-corrected chi connectivity index (χ4v) is 5.42. The summed E-state index contributed by atoms with van der Waals surface area (Å²) in [5.74, 6) is -0.212. The average Bonchev–Trinajstić information content (AvgIpc) is 3.52. The van der Waals surface area contributed by atoms with Gasteiger partial charge in [-0.05, 0) is 30.4 Å². The lowest BCUT2D eigenvalue weighted by Gasteiger charge is -2.15. The van der Waals surface area contributed by atoms with E-state index in [9.17, 15) is 26.4 Å². The second-order valence-corrected chi connectivity index (χ2v) is 10.7. The quantitative estimate of drug-likeness (QED) is 0.532. The van der Waals surface area contributed by atoms with Gasteiger partial charge in [-0.1, -0.05) is 31.2 Å². The summed E-state index contributed by atoms with van der Waals surface area (Å²) in [5, 5.41) is -0.159. The third-order valence-corrected chi connectivity index (χ3v) is 8.06. The van der Waals surface area contributed by atoms with Gasteiger partial charge >= 0.3 is 6.18 Å². The molecule has 1 fully saturated rings. The number of nitrogens with zero attached hydrogens (tertiary/aromatic N) is 4. The molecular formula is C23H21F3N4O3S. The number of benzene rings is 1. The molecule has 0 radical (unpaired) electrons. The number of alkyl halides is 3. The van der Waals surface area contributed by atoms with E-state index >= 15 is 0 Å². The van der Waals surface area contributed by atoms with Crippen LogP contribution in [0, 0.1) is 0 Å². The largest absolute Gasteiger partial charge is 0.417 e. The molecule has 1 aromatic carbocycles. The molecule has 1 amide bonds. The molecule has 0 spiro atoms. The van der Waals surface area contributed by atoms with Gasteiger partial charge in [-0.2, -0.15) is 13.2 Å². The third-order valence-electron chi connectivity index (χ3n) is 6.25. The van der Waals surface area contributed by atoms with Crippen molar-refractivity contribution in [2.24, 2.45) is 7.05 Å². The molecule has 2 aliphatic rings. The summed E-state index contributed by atoms with van der Waals surface area (Å²) in [6, 6.07) is 8.43. The fraction of sp³-hybridized carbons (Fsp3) is 0.348. The molecule has 11 heteroatoms. The number of hydrogen-bond donors (Lipinski definition) is 0. The molecule has 0 atom stereocenters. The Morgan fingerprint density at radius 2 is 1.82 bits per heavy atom. The van der Waals surface area contributed by atoms with Gasteiger partial charge in [-0.15, -0.1) is 0 Å². The zero-order valence-corrected chi connectivity index (χ0v) is 19.2. The van der Waals surface area contributed by atoms with Crippen molar-refractivity contribution in [2.45, 2.75) is 43.4 Å². The van der Waals surface area contributed by atoms with Gasteiger partial charge in [0.25, 0.3) is 5.91 Å². The number of amides is 1. The molecule has 34 heavy (non-hydrogen) atoms. The van der Waals surface area contributed by atoms with Crippen LogP contribution in [0.25, 0.3) is 11.4 Å². The predicted octanol–water partition coefficient (Wildman–Crippen LogP) is 4.33. The van der Waals surface area contributed by atoms with Crippen LogP contribution in [0.5, 0.6) is 0 Å². The second-order valence-electron chi connectivity index (χ2n) is 8.53. The monoisotopic (exact) mass is 490 g/mol. The molecule has 0 bridgehead atoms. The van der Waals surface area contributed by atoms with E-state index in [0.29, 0.717) is 23.5 Å². The number of imidazole rings is 1. The molecule has 5 rings (SSSR count). The summed E-state index contributed by atoms with van der Waals surface area (Å²) in [6.07, 6.45) is -1.69. The Balaban J connectivity index is 1.60. The van der Waals surface area contributed by atoms with Crippen LogP contribution in [0.2, 0.25) is 0 Å². The van der Waals surface area contributed by atoms with E-state index in [-0.39, 0.29) is 34.4 Å². The molecule has 0 saturated heterocycles. The molecule has 7 nitrogen and oxygen atoms in total. The van der Waals surface area contributed by atoms with Crippen LogP contribution in [0.15, 0.2) is 41.6 Å². The smallest absolute Gasteiger partial charge is 0.316 e. The SMILES string of the molecule is CCS(=O)(=O)c1c(N2Cc3ncc(C(F)(F)F)cc3C2=O)nc(-c2ccc(C3CC3)cc2)n1C. The number of carbonyl (C=O) groups excluding carboxylic acids is 1. The number of sulfone groups is 1. The van der Waals surface area contributed by atoms with E-state index in [1.807, 2.05) is 24.3 Å². The van der Waals surface area contributed by atoms with E-state index in [2.05, 4.69) is 9.97 Å². The molecule has 1 aliphatic heterocycles. The molecule has 3 aromatic rings. The van der Waals surface area contributed by atoms with E-state index in [4.69, 9.17) is 0 Å². The van der Waals surface area contributed by atoms with Crippen LogP contribution in [0.4, 0.5) is 19.0 Å². The Bertz CT molecular complexity index is 1410. The van der Waals surface area contributed by atoms with Crippen LogP contribution in [-0.4, -0.2) is 34.6 Å². The van der Waals surface area contributed by atoms with Crippen LogP contribution >= 0.6 is 0 Å². The van der Waals surface area contributed by atoms with E-state index in [1.54, 1.807) is 7.05 Å². The van der Waals surface area contributed by atoms with E-state index in [1.165, 1.54) is 17.1 Å². The van der Waals surface area contributed by atoms with Crippen LogP contribution in [0.1, 0.15) is 52.9 Å². The standard InChI is InChI=1S/C23H21F3N4O3S/c1-3-34(32,33)22-20(28-19(29(22)2)15-8-6-14(7-9-15)13-4-5-13)30-12-18-17(21(30)31)10-16(11-27-18)23(24,25)26/h6-11,13H,3-5,12H2,1-2H3. The minimum absolute atomic E-state index is 0.109. The van der Waals surface area contributed by atoms with Gasteiger partial charge in [-0.3, -0.25) is 14.7 Å². The normalized spacial score (nSPS) is 16.3. The lowest BCUT2D eigenvalue weighted by molar-refractivity contribution is -0.137. The van der Waals surface area contributed by atoms with Crippen molar-refractivity contribution in [3.63, 3.8) is 0 Å². The molecular weight excluding hydrogens is 469 g/mol. The van der Waals surface area contributed by atoms with Crippen LogP contribution < -0.4 is 4.90 Å². The first-order valence-corrected chi connectivity index (χ1v) is 12.4. The number of fused-ring (bicyclic) bond motifs is 1. The van der Waals surface area contributed by atoms with Gasteiger partial charge in [0.1, 0.15) is 5.82 Å². The summed E-state index contributed by atoms with van der Waals surface area (Å²) >= 11 is 0. The first kappa shape index (κ1) is 22.6. The molecule has 1 aliphatic carbocycles. The van der Waals surface area contributed by atoms with E-state index in [0.717, 1.165) is 23.8 Å². The van der Waals surface area contributed by atoms with Crippen molar-refractivity contribution in [1.82, 2.24) is 14.5 Å². The molecule has 178 valence electrons. The summed E-state index contributed by atoms with van der Waals surface area (Å²) in [5.41, 5.74) is 0.762. The Morgan fingerprint density at radius 3 is 2.41 bits per heavy atom. The number of halogens is 3. The van der Waals surface area contributed by atoms with Gasteiger partial charge in [0.15, 0.2) is 20.7 Å².